The lowest BCUT2D eigenvalue weighted by Gasteiger charge is -2.28. The van der Waals surface area contributed by atoms with Crippen LogP contribution in [0.15, 0.2) is 79.6 Å². The molecule has 8 heteroatoms. The van der Waals surface area contributed by atoms with Crippen molar-refractivity contribution in [1.29, 1.82) is 0 Å². The Hall–Kier alpha value is -3.49. The average molecular weight is 417 g/mol. The van der Waals surface area contributed by atoms with Crippen LogP contribution in [0.25, 0.3) is 5.69 Å². The van der Waals surface area contributed by atoms with Gasteiger partial charge < -0.3 is 14.2 Å². The summed E-state index contributed by atoms with van der Waals surface area (Å²) < 4.78 is 22.1. The first-order valence-corrected chi connectivity index (χ1v) is 10.1. The van der Waals surface area contributed by atoms with Crippen LogP contribution >= 0.6 is 0 Å². The SMILES string of the molecule is Cc1ccc(C2(Cn3cncn3)OCC(COc3ccc(-n4cccn4)cc3)O2)cc1. The fourth-order valence-electron chi connectivity index (χ4n) is 3.61. The third-order valence-corrected chi connectivity index (χ3v) is 5.23. The lowest BCUT2D eigenvalue weighted by atomic mass is 10.0. The molecule has 0 spiro atoms. The third kappa shape index (κ3) is 4.21. The Morgan fingerprint density at radius 3 is 2.65 bits per heavy atom. The Balaban J connectivity index is 1.27. The van der Waals surface area contributed by atoms with Crippen LogP contribution in [-0.4, -0.2) is 43.9 Å². The van der Waals surface area contributed by atoms with Gasteiger partial charge in [0, 0.05) is 18.0 Å². The molecular weight excluding hydrogens is 394 g/mol. The zero-order valence-corrected chi connectivity index (χ0v) is 17.2. The maximum absolute atomic E-state index is 6.40. The third-order valence-electron chi connectivity index (χ3n) is 5.23. The molecule has 31 heavy (non-hydrogen) atoms. The van der Waals surface area contributed by atoms with Crippen LogP contribution in [-0.2, 0) is 21.8 Å². The summed E-state index contributed by atoms with van der Waals surface area (Å²) >= 11 is 0. The number of nitrogens with zero attached hydrogens (tertiary/aromatic N) is 5. The van der Waals surface area contributed by atoms with E-state index in [0.29, 0.717) is 19.8 Å². The van der Waals surface area contributed by atoms with Crippen LogP contribution < -0.4 is 4.74 Å². The highest BCUT2D eigenvalue weighted by Gasteiger charge is 2.44. The molecule has 2 atom stereocenters. The highest BCUT2D eigenvalue weighted by Crippen LogP contribution is 2.36. The van der Waals surface area contributed by atoms with Crippen LogP contribution in [0, 0.1) is 6.92 Å². The van der Waals surface area contributed by atoms with Gasteiger partial charge in [0.15, 0.2) is 0 Å². The first-order valence-electron chi connectivity index (χ1n) is 10.1. The van der Waals surface area contributed by atoms with E-state index in [1.54, 1.807) is 21.9 Å². The van der Waals surface area contributed by atoms with Crippen LogP contribution in [0.1, 0.15) is 11.1 Å². The van der Waals surface area contributed by atoms with Gasteiger partial charge in [0.25, 0.3) is 0 Å². The molecule has 4 aromatic rings. The standard InChI is InChI=1S/C23H23N5O3/c1-18-3-5-19(6-4-18)23(15-27-17-24-16-26-27)30-14-22(31-23)13-29-21-9-7-20(8-10-21)28-12-2-11-25-28/h2-12,16-17,22H,13-15H2,1H3. The second-order valence-corrected chi connectivity index (χ2v) is 7.52. The minimum absolute atomic E-state index is 0.212. The van der Waals surface area contributed by atoms with Gasteiger partial charge in [0.1, 0.15) is 37.7 Å². The topological polar surface area (TPSA) is 76.2 Å². The first-order chi connectivity index (χ1) is 15.2. The first kappa shape index (κ1) is 19.5. The lowest BCUT2D eigenvalue weighted by Crippen LogP contribution is -2.34. The van der Waals surface area contributed by atoms with Crippen molar-refractivity contribution >= 4 is 0 Å². The van der Waals surface area contributed by atoms with Crippen LogP contribution in [0.4, 0.5) is 0 Å². The molecule has 0 N–H and O–H groups in total. The molecule has 2 aromatic carbocycles. The van der Waals surface area contributed by atoms with E-state index in [9.17, 15) is 0 Å². The van der Waals surface area contributed by atoms with E-state index in [2.05, 4.69) is 34.2 Å². The summed E-state index contributed by atoms with van der Waals surface area (Å²) in [6, 6.07) is 17.8. The Morgan fingerprint density at radius 2 is 1.94 bits per heavy atom. The Kier molecular flexibility index (Phi) is 5.23. The van der Waals surface area contributed by atoms with Crippen molar-refractivity contribution < 1.29 is 14.2 Å². The number of ether oxygens (including phenoxy) is 3. The van der Waals surface area contributed by atoms with E-state index < -0.39 is 5.79 Å². The van der Waals surface area contributed by atoms with Gasteiger partial charge in [-0.1, -0.05) is 29.8 Å². The number of benzene rings is 2. The molecule has 3 heterocycles. The van der Waals surface area contributed by atoms with Crippen LogP contribution in [0.3, 0.4) is 0 Å². The lowest BCUT2D eigenvalue weighted by molar-refractivity contribution is -0.190. The van der Waals surface area contributed by atoms with Crippen molar-refractivity contribution in [3.63, 3.8) is 0 Å². The van der Waals surface area contributed by atoms with E-state index >= 15 is 0 Å². The smallest absolute Gasteiger partial charge is 0.215 e. The van der Waals surface area contributed by atoms with Gasteiger partial charge in [-0.2, -0.15) is 10.2 Å². The van der Waals surface area contributed by atoms with E-state index in [4.69, 9.17) is 14.2 Å². The maximum atomic E-state index is 6.40. The van der Waals surface area contributed by atoms with E-state index in [1.165, 1.54) is 11.9 Å². The molecule has 1 fully saturated rings. The molecule has 0 bridgehead atoms. The monoisotopic (exact) mass is 417 g/mol. The molecule has 2 aromatic heterocycles. The highest BCUT2D eigenvalue weighted by molar-refractivity contribution is 5.36. The van der Waals surface area contributed by atoms with Gasteiger partial charge in [-0.15, -0.1) is 0 Å². The van der Waals surface area contributed by atoms with Crippen molar-refractivity contribution in [1.82, 2.24) is 24.5 Å². The second-order valence-electron chi connectivity index (χ2n) is 7.52. The predicted molar refractivity (Wildman–Crippen MR) is 113 cm³/mol. The van der Waals surface area contributed by atoms with Crippen molar-refractivity contribution in [2.45, 2.75) is 25.4 Å². The van der Waals surface area contributed by atoms with E-state index in [0.717, 1.165) is 17.0 Å². The summed E-state index contributed by atoms with van der Waals surface area (Å²) in [5.74, 6) is -0.164. The molecule has 1 aliphatic heterocycles. The minimum Gasteiger partial charge on any atom is -0.491 e. The van der Waals surface area contributed by atoms with Crippen molar-refractivity contribution in [2.75, 3.05) is 13.2 Å². The summed E-state index contributed by atoms with van der Waals surface area (Å²) in [7, 11) is 0. The molecule has 158 valence electrons. The normalized spacial score (nSPS) is 20.7. The molecule has 5 rings (SSSR count). The molecule has 2 unspecified atom stereocenters. The predicted octanol–water partition coefficient (Wildman–Crippen LogP) is 3.12. The molecule has 0 saturated carbocycles. The zero-order chi connectivity index (χ0) is 21.1. The molecule has 1 saturated heterocycles. The van der Waals surface area contributed by atoms with Crippen molar-refractivity contribution in [3.8, 4) is 11.4 Å². The van der Waals surface area contributed by atoms with Crippen molar-refractivity contribution in [3.05, 3.63) is 90.8 Å². The van der Waals surface area contributed by atoms with Crippen LogP contribution in [0.2, 0.25) is 0 Å². The van der Waals surface area contributed by atoms with E-state index in [-0.39, 0.29) is 6.10 Å². The summed E-state index contributed by atoms with van der Waals surface area (Å²) in [6.45, 7) is 3.27. The van der Waals surface area contributed by atoms with Gasteiger partial charge >= 0.3 is 0 Å². The Bertz CT molecular complexity index is 1100. The largest absolute Gasteiger partial charge is 0.491 e. The fourth-order valence-corrected chi connectivity index (χ4v) is 3.61. The average Bonchev–Trinajstić information content (AvgIpc) is 3.57. The quantitative estimate of drug-likeness (QED) is 0.460. The maximum Gasteiger partial charge on any atom is 0.215 e. The second kappa shape index (κ2) is 8.33. The van der Waals surface area contributed by atoms with Crippen LogP contribution in [0.5, 0.6) is 5.75 Å². The number of aromatic nitrogens is 5. The molecule has 8 nitrogen and oxygen atoms in total. The van der Waals surface area contributed by atoms with Gasteiger partial charge in [0.2, 0.25) is 5.79 Å². The number of hydrogen-bond acceptors (Lipinski definition) is 6. The van der Waals surface area contributed by atoms with Gasteiger partial charge in [0.05, 0.1) is 12.3 Å². The summed E-state index contributed by atoms with van der Waals surface area (Å²) in [4.78, 5) is 4.03. The molecule has 0 aliphatic carbocycles. The van der Waals surface area contributed by atoms with E-state index in [1.807, 2.05) is 48.7 Å². The number of rotatable bonds is 7. The van der Waals surface area contributed by atoms with Crippen molar-refractivity contribution in [2.24, 2.45) is 0 Å². The van der Waals surface area contributed by atoms with Gasteiger partial charge in [-0.05, 0) is 37.3 Å². The molecule has 0 radical (unpaired) electrons. The molecule has 1 aliphatic rings. The fraction of sp³-hybridized carbons (Fsp3) is 0.261. The molecule has 0 amide bonds. The van der Waals surface area contributed by atoms with Gasteiger partial charge in [-0.25, -0.2) is 14.3 Å². The zero-order valence-electron chi connectivity index (χ0n) is 17.2. The summed E-state index contributed by atoms with van der Waals surface area (Å²) in [5, 5.41) is 8.46. The Labute approximate surface area is 180 Å². The minimum atomic E-state index is -0.931. The highest BCUT2D eigenvalue weighted by atomic mass is 16.8. The Morgan fingerprint density at radius 1 is 1.10 bits per heavy atom. The summed E-state index contributed by atoms with van der Waals surface area (Å²) in [5.41, 5.74) is 3.10. The summed E-state index contributed by atoms with van der Waals surface area (Å²) in [6.07, 6.45) is 6.61. The van der Waals surface area contributed by atoms with Gasteiger partial charge in [-0.3, -0.25) is 0 Å². The number of aryl methyl sites for hydroxylation is 1. The molecular formula is C23H23N5O3. The number of hydrogen-bond donors (Lipinski definition) is 0.